The molecule has 0 atom stereocenters. The molecule has 220 valence electrons. The first-order valence-corrected chi connectivity index (χ1v) is 13.6. The first-order valence-electron chi connectivity index (χ1n) is 13.6. The van der Waals surface area contributed by atoms with Crippen molar-refractivity contribution < 1.29 is 22.7 Å². The second-order valence-corrected chi connectivity index (χ2v) is 10.1. The van der Waals surface area contributed by atoms with Crippen LogP contribution in [0.3, 0.4) is 0 Å². The van der Waals surface area contributed by atoms with E-state index in [-0.39, 0.29) is 24.0 Å². The Morgan fingerprint density at radius 1 is 1.07 bits per heavy atom. The standard InChI is InChI=1S/C30H32F3N7O2/c1-19-2-3-21(15-24(19)20-4-6-26-22(14-20)17-36-29(34)39-26)28(41)38-23-5-7-27(25(16-23)30(31,32)33)37-18-35-8-9-40-10-12-42-13-11-40/h2-7,14-17,35,37H,8-13,18H2,1H3,(H,38,41)(H2,34,36,39). The van der Waals surface area contributed by atoms with Crippen LogP contribution in [0, 0.1) is 6.92 Å². The molecule has 0 saturated carbocycles. The van der Waals surface area contributed by atoms with Crippen LogP contribution in [-0.4, -0.2) is 66.8 Å². The van der Waals surface area contributed by atoms with Crippen LogP contribution >= 0.6 is 0 Å². The molecule has 0 bridgehead atoms. The van der Waals surface area contributed by atoms with Crippen molar-refractivity contribution in [2.24, 2.45) is 0 Å². The number of hydrogen-bond donors (Lipinski definition) is 4. The second kappa shape index (κ2) is 12.7. The molecule has 0 unspecified atom stereocenters. The topological polar surface area (TPSA) is 117 Å². The van der Waals surface area contributed by atoms with E-state index in [2.05, 4.69) is 30.8 Å². The molecule has 5 N–H and O–H groups in total. The fourth-order valence-electron chi connectivity index (χ4n) is 4.81. The lowest BCUT2D eigenvalue weighted by atomic mass is 9.97. The Bertz CT molecular complexity index is 1570. The summed E-state index contributed by atoms with van der Waals surface area (Å²) in [6, 6.07) is 14.5. The largest absolute Gasteiger partial charge is 0.418 e. The molecule has 4 aromatic rings. The first kappa shape index (κ1) is 29.2. The molecular formula is C30H32F3N7O2. The maximum absolute atomic E-state index is 13.9. The molecule has 2 heterocycles. The van der Waals surface area contributed by atoms with Crippen LogP contribution in [0.15, 0.2) is 60.8 Å². The number of fused-ring (bicyclic) bond motifs is 1. The van der Waals surface area contributed by atoms with Gasteiger partial charge in [0.1, 0.15) is 0 Å². The number of anilines is 3. The number of halogens is 3. The van der Waals surface area contributed by atoms with Crippen molar-refractivity contribution in [3.05, 3.63) is 77.5 Å². The third-order valence-corrected chi connectivity index (χ3v) is 7.10. The van der Waals surface area contributed by atoms with E-state index in [9.17, 15) is 18.0 Å². The molecule has 1 aromatic heterocycles. The zero-order valence-electron chi connectivity index (χ0n) is 23.1. The molecule has 1 aliphatic rings. The van der Waals surface area contributed by atoms with Crippen LogP contribution in [0.25, 0.3) is 22.0 Å². The predicted molar refractivity (Wildman–Crippen MR) is 157 cm³/mol. The summed E-state index contributed by atoms with van der Waals surface area (Å²) in [4.78, 5) is 23.6. The molecule has 0 radical (unpaired) electrons. The van der Waals surface area contributed by atoms with Gasteiger partial charge in [0.05, 0.1) is 31.0 Å². The zero-order valence-corrected chi connectivity index (χ0v) is 23.1. The van der Waals surface area contributed by atoms with Crippen LogP contribution in [0.5, 0.6) is 0 Å². The molecule has 0 spiro atoms. The summed E-state index contributed by atoms with van der Waals surface area (Å²) in [5, 5.41) is 9.34. The van der Waals surface area contributed by atoms with E-state index in [4.69, 9.17) is 10.5 Å². The highest BCUT2D eigenvalue weighted by molar-refractivity contribution is 6.05. The Morgan fingerprint density at radius 2 is 1.88 bits per heavy atom. The van der Waals surface area contributed by atoms with Gasteiger partial charge in [0.15, 0.2) is 0 Å². The molecule has 1 aliphatic heterocycles. The lowest BCUT2D eigenvalue weighted by Gasteiger charge is -2.26. The first-order chi connectivity index (χ1) is 20.2. The number of amides is 1. The Balaban J connectivity index is 1.27. The van der Waals surface area contributed by atoms with E-state index in [1.54, 1.807) is 24.4 Å². The zero-order chi connectivity index (χ0) is 29.7. The lowest BCUT2D eigenvalue weighted by molar-refractivity contribution is -0.136. The summed E-state index contributed by atoms with van der Waals surface area (Å²) in [5.41, 5.74) is 8.36. The monoisotopic (exact) mass is 579 g/mol. The average molecular weight is 580 g/mol. The number of nitrogen functional groups attached to an aromatic ring is 1. The van der Waals surface area contributed by atoms with Crippen molar-refractivity contribution in [1.29, 1.82) is 0 Å². The lowest BCUT2D eigenvalue weighted by Crippen LogP contribution is -2.41. The minimum Gasteiger partial charge on any atom is -0.379 e. The Labute approximate surface area is 241 Å². The molecular weight excluding hydrogens is 547 g/mol. The van der Waals surface area contributed by atoms with Crippen molar-refractivity contribution in [2.45, 2.75) is 13.1 Å². The summed E-state index contributed by atoms with van der Waals surface area (Å²) in [5.74, 6) is -0.342. The molecule has 1 amide bonds. The van der Waals surface area contributed by atoms with E-state index < -0.39 is 17.6 Å². The van der Waals surface area contributed by atoms with E-state index in [0.29, 0.717) is 30.8 Å². The van der Waals surface area contributed by atoms with E-state index in [1.807, 2.05) is 25.1 Å². The highest BCUT2D eigenvalue weighted by Crippen LogP contribution is 2.37. The number of carbonyl (C=O) groups is 1. The number of nitrogens with one attached hydrogen (secondary N) is 3. The van der Waals surface area contributed by atoms with Gasteiger partial charge in [0.25, 0.3) is 5.91 Å². The SMILES string of the molecule is Cc1ccc(C(=O)Nc2ccc(NCNCCN3CCOCC3)c(C(F)(F)F)c2)cc1-c1ccc2nc(N)ncc2c1. The van der Waals surface area contributed by atoms with Crippen LogP contribution in [0.2, 0.25) is 0 Å². The molecule has 0 aliphatic carbocycles. The summed E-state index contributed by atoms with van der Waals surface area (Å²) in [6.45, 7) is 6.57. The maximum atomic E-state index is 13.9. The van der Waals surface area contributed by atoms with Gasteiger partial charge in [0, 0.05) is 54.7 Å². The number of aromatic nitrogens is 2. The molecule has 1 saturated heterocycles. The minimum atomic E-state index is -4.61. The molecule has 3 aromatic carbocycles. The number of morpholine rings is 1. The molecule has 1 fully saturated rings. The molecule has 42 heavy (non-hydrogen) atoms. The average Bonchev–Trinajstić information content (AvgIpc) is 2.97. The highest BCUT2D eigenvalue weighted by Gasteiger charge is 2.34. The van der Waals surface area contributed by atoms with Crippen LogP contribution in [0.1, 0.15) is 21.5 Å². The summed E-state index contributed by atoms with van der Waals surface area (Å²) in [7, 11) is 0. The number of ether oxygens (including phenoxy) is 1. The molecule has 5 rings (SSSR count). The summed E-state index contributed by atoms with van der Waals surface area (Å²) >= 11 is 0. The van der Waals surface area contributed by atoms with Gasteiger partial charge in [-0.25, -0.2) is 9.97 Å². The Hall–Kier alpha value is -4.26. The Kier molecular flexibility index (Phi) is 8.86. The van der Waals surface area contributed by atoms with Gasteiger partial charge in [-0.15, -0.1) is 0 Å². The summed E-state index contributed by atoms with van der Waals surface area (Å²) < 4.78 is 47.1. The van der Waals surface area contributed by atoms with Crippen molar-refractivity contribution in [2.75, 3.05) is 62.4 Å². The molecule has 9 nitrogen and oxygen atoms in total. The van der Waals surface area contributed by atoms with Gasteiger partial charge in [-0.05, 0) is 66.1 Å². The van der Waals surface area contributed by atoms with E-state index in [1.165, 1.54) is 12.1 Å². The third kappa shape index (κ3) is 7.14. The smallest absolute Gasteiger partial charge is 0.379 e. The predicted octanol–water partition coefficient (Wildman–Crippen LogP) is 4.75. The molecule has 12 heteroatoms. The fourth-order valence-corrected chi connectivity index (χ4v) is 4.81. The van der Waals surface area contributed by atoms with Crippen LogP contribution < -0.4 is 21.7 Å². The number of hydrogen-bond acceptors (Lipinski definition) is 8. The highest BCUT2D eigenvalue weighted by atomic mass is 19.4. The van der Waals surface area contributed by atoms with Gasteiger partial charge < -0.3 is 21.1 Å². The minimum absolute atomic E-state index is 0.0423. The van der Waals surface area contributed by atoms with Crippen molar-refractivity contribution in [3.8, 4) is 11.1 Å². The normalized spacial score (nSPS) is 14.2. The van der Waals surface area contributed by atoms with Gasteiger partial charge in [-0.1, -0.05) is 12.1 Å². The van der Waals surface area contributed by atoms with E-state index >= 15 is 0 Å². The number of rotatable bonds is 9. The third-order valence-electron chi connectivity index (χ3n) is 7.10. The van der Waals surface area contributed by atoms with Crippen LogP contribution in [-0.2, 0) is 10.9 Å². The number of nitrogens with two attached hydrogens (primary N) is 1. The van der Waals surface area contributed by atoms with Crippen molar-refractivity contribution >= 4 is 34.1 Å². The fraction of sp³-hybridized carbons (Fsp3) is 0.300. The van der Waals surface area contributed by atoms with Gasteiger partial charge in [-0.2, -0.15) is 13.2 Å². The number of nitrogens with zero attached hydrogens (tertiary/aromatic N) is 3. The Morgan fingerprint density at radius 3 is 2.67 bits per heavy atom. The second-order valence-electron chi connectivity index (χ2n) is 10.1. The number of aryl methyl sites for hydroxylation is 1. The van der Waals surface area contributed by atoms with Gasteiger partial charge >= 0.3 is 6.18 Å². The van der Waals surface area contributed by atoms with Crippen molar-refractivity contribution in [1.82, 2.24) is 20.2 Å². The van der Waals surface area contributed by atoms with Gasteiger partial charge in [0.2, 0.25) is 5.95 Å². The maximum Gasteiger partial charge on any atom is 0.418 e. The number of carbonyl (C=O) groups excluding carboxylic acids is 1. The van der Waals surface area contributed by atoms with Crippen LogP contribution in [0.4, 0.5) is 30.5 Å². The van der Waals surface area contributed by atoms with Gasteiger partial charge in [-0.3, -0.25) is 15.0 Å². The van der Waals surface area contributed by atoms with E-state index in [0.717, 1.165) is 47.8 Å². The quantitative estimate of drug-likeness (QED) is 0.166. The summed E-state index contributed by atoms with van der Waals surface area (Å²) in [6.07, 6.45) is -2.98. The number of alkyl halides is 3. The van der Waals surface area contributed by atoms with Crippen molar-refractivity contribution in [3.63, 3.8) is 0 Å². The number of benzene rings is 3.